The molecule has 0 amide bonds. The Balaban J connectivity index is 1.96. The summed E-state index contributed by atoms with van der Waals surface area (Å²) in [6, 6.07) is 13.4. The zero-order chi connectivity index (χ0) is 20.7. The van der Waals surface area contributed by atoms with Gasteiger partial charge in [-0.25, -0.2) is 9.18 Å². The molecule has 2 aromatic carbocycles. The third kappa shape index (κ3) is 3.38. The van der Waals surface area contributed by atoms with Gasteiger partial charge in [0.2, 0.25) is 0 Å². The van der Waals surface area contributed by atoms with Gasteiger partial charge in [-0.05, 0) is 30.3 Å². The number of nitrogens with zero attached hydrogens (tertiary/aromatic N) is 4. The molecule has 7 nitrogen and oxygen atoms in total. The van der Waals surface area contributed by atoms with Crippen molar-refractivity contribution in [3.05, 3.63) is 85.2 Å². The quantitative estimate of drug-likeness (QED) is 0.470. The van der Waals surface area contributed by atoms with E-state index in [0.717, 1.165) is 9.04 Å². The van der Waals surface area contributed by atoms with Crippen LogP contribution < -0.4 is 16.0 Å². The number of rotatable bonds is 4. The van der Waals surface area contributed by atoms with Crippen molar-refractivity contribution in [3.8, 4) is 11.8 Å². The number of imidazole rings is 1. The van der Waals surface area contributed by atoms with E-state index in [9.17, 15) is 14.0 Å². The Morgan fingerprint density at radius 2 is 1.72 bits per heavy atom. The van der Waals surface area contributed by atoms with E-state index in [4.69, 9.17) is 4.74 Å². The van der Waals surface area contributed by atoms with Crippen molar-refractivity contribution in [1.29, 1.82) is 0 Å². The van der Waals surface area contributed by atoms with Crippen LogP contribution in [-0.4, -0.2) is 18.7 Å². The fourth-order valence-corrected chi connectivity index (χ4v) is 3.32. The van der Waals surface area contributed by atoms with E-state index in [2.05, 4.69) is 20.9 Å². The number of fused-ring (bicyclic) bond motifs is 1. The molecule has 0 bridgehead atoms. The van der Waals surface area contributed by atoms with Crippen molar-refractivity contribution in [2.45, 2.75) is 6.54 Å². The Morgan fingerprint density at radius 1 is 1.03 bits per heavy atom. The number of aromatic nitrogens is 4. The Bertz CT molecular complexity index is 1340. The highest BCUT2D eigenvalue weighted by molar-refractivity contribution is 9.10. The number of ether oxygens (including phenoxy) is 1. The van der Waals surface area contributed by atoms with Gasteiger partial charge in [0, 0.05) is 24.1 Å². The minimum atomic E-state index is -0.530. The second kappa shape index (κ2) is 7.32. The van der Waals surface area contributed by atoms with Crippen LogP contribution in [0.5, 0.6) is 11.8 Å². The molecule has 2 heterocycles. The third-order valence-electron chi connectivity index (χ3n) is 4.62. The number of halogens is 2. The van der Waals surface area contributed by atoms with E-state index in [-0.39, 0.29) is 23.7 Å². The molecule has 0 radical (unpaired) electrons. The molecule has 0 aliphatic heterocycles. The molecule has 0 atom stereocenters. The Kier molecular flexibility index (Phi) is 4.83. The van der Waals surface area contributed by atoms with Crippen LogP contribution in [0.25, 0.3) is 11.2 Å². The molecule has 9 heteroatoms. The van der Waals surface area contributed by atoms with Gasteiger partial charge >= 0.3 is 11.7 Å². The maximum absolute atomic E-state index is 14.3. The third-order valence-corrected chi connectivity index (χ3v) is 5.15. The molecule has 0 aliphatic carbocycles. The molecule has 0 saturated heterocycles. The van der Waals surface area contributed by atoms with Gasteiger partial charge in [-0.1, -0.05) is 34.1 Å². The number of benzene rings is 2. The van der Waals surface area contributed by atoms with E-state index in [1.165, 1.54) is 29.3 Å². The molecule has 4 rings (SSSR count). The molecule has 0 spiro atoms. The average Bonchev–Trinajstić information content (AvgIpc) is 3.06. The SMILES string of the molecule is Cn1c(=O)c2c(nc(Oc3ccc(Br)cc3)n2Cc2ccccc2F)n(C)c1=O. The standard InChI is InChI=1S/C20H16BrFN4O3/c1-24-17-16(18(27)25(2)20(24)28)26(11-12-5-3-4-6-15(12)22)19(23-17)29-14-9-7-13(21)8-10-14/h3-10H,11H2,1-2H3. The first-order valence-electron chi connectivity index (χ1n) is 8.70. The van der Waals surface area contributed by atoms with Gasteiger partial charge in [-0.15, -0.1) is 0 Å². The van der Waals surface area contributed by atoms with Crippen LogP contribution in [0, 0.1) is 5.82 Å². The summed E-state index contributed by atoms with van der Waals surface area (Å²) in [5, 5.41) is 0. The van der Waals surface area contributed by atoms with Crippen LogP contribution in [0.2, 0.25) is 0 Å². The smallest absolute Gasteiger partial charge is 0.332 e. The summed E-state index contributed by atoms with van der Waals surface area (Å²) >= 11 is 3.36. The molecule has 0 saturated carbocycles. The van der Waals surface area contributed by atoms with E-state index in [1.54, 1.807) is 42.5 Å². The molecule has 0 aliphatic rings. The van der Waals surface area contributed by atoms with Gasteiger partial charge < -0.3 is 4.74 Å². The fraction of sp³-hybridized carbons (Fsp3) is 0.150. The fourth-order valence-electron chi connectivity index (χ4n) is 3.06. The van der Waals surface area contributed by atoms with Gasteiger partial charge in [-0.2, -0.15) is 4.98 Å². The van der Waals surface area contributed by atoms with Crippen molar-refractivity contribution in [2.75, 3.05) is 0 Å². The van der Waals surface area contributed by atoms with Crippen molar-refractivity contribution in [3.63, 3.8) is 0 Å². The first-order valence-corrected chi connectivity index (χ1v) is 9.49. The zero-order valence-corrected chi connectivity index (χ0v) is 17.2. The predicted octanol–water partition coefficient (Wildman–Crippen LogP) is 3.18. The maximum atomic E-state index is 14.3. The lowest BCUT2D eigenvalue weighted by Gasteiger charge is -2.11. The largest absolute Gasteiger partial charge is 0.425 e. The predicted molar refractivity (Wildman–Crippen MR) is 110 cm³/mol. The second-order valence-electron chi connectivity index (χ2n) is 6.51. The Labute approximate surface area is 172 Å². The number of hydrogen-bond donors (Lipinski definition) is 0. The van der Waals surface area contributed by atoms with Crippen LogP contribution in [0.1, 0.15) is 5.56 Å². The topological polar surface area (TPSA) is 71.1 Å². The van der Waals surface area contributed by atoms with Crippen molar-refractivity contribution < 1.29 is 9.13 Å². The molecule has 148 valence electrons. The highest BCUT2D eigenvalue weighted by atomic mass is 79.9. The number of hydrogen-bond acceptors (Lipinski definition) is 4. The molecular weight excluding hydrogens is 443 g/mol. The Hall–Kier alpha value is -3.20. The highest BCUT2D eigenvalue weighted by Crippen LogP contribution is 2.26. The maximum Gasteiger partial charge on any atom is 0.332 e. The van der Waals surface area contributed by atoms with Gasteiger partial charge in [0.1, 0.15) is 11.6 Å². The van der Waals surface area contributed by atoms with E-state index < -0.39 is 17.1 Å². The summed E-state index contributed by atoms with van der Waals surface area (Å²) in [6.07, 6.45) is 0. The summed E-state index contributed by atoms with van der Waals surface area (Å²) in [5.41, 5.74) is -0.347. The summed E-state index contributed by atoms with van der Waals surface area (Å²) in [7, 11) is 2.91. The van der Waals surface area contributed by atoms with Crippen molar-refractivity contribution in [1.82, 2.24) is 18.7 Å². The van der Waals surface area contributed by atoms with E-state index in [1.807, 2.05) is 0 Å². The minimum absolute atomic E-state index is 0.0163. The average molecular weight is 459 g/mol. The lowest BCUT2D eigenvalue weighted by Crippen LogP contribution is -2.37. The lowest BCUT2D eigenvalue weighted by molar-refractivity contribution is 0.419. The van der Waals surface area contributed by atoms with Crippen LogP contribution in [0.15, 0.2) is 62.6 Å². The zero-order valence-electron chi connectivity index (χ0n) is 15.6. The summed E-state index contributed by atoms with van der Waals surface area (Å²) in [6.45, 7) is 0.0163. The lowest BCUT2D eigenvalue weighted by atomic mass is 10.2. The molecule has 0 fully saturated rings. The molecule has 29 heavy (non-hydrogen) atoms. The van der Waals surface area contributed by atoms with Gasteiger partial charge in [0.05, 0.1) is 6.54 Å². The summed E-state index contributed by atoms with van der Waals surface area (Å²) < 4.78 is 24.8. The highest BCUT2D eigenvalue weighted by Gasteiger charge is 2.21. The second-order valence-corrected chi connectivity index (χ2v) is 7.42. The first kappa shape index (κ1) is 19.1. The summed E-state index contributed by atoms with van der Waals surface area (Å²) in [4.78, 5) is 29.5. The van der Waals surface area contributed by atoms with Crippen LogP contribution in [-0.2, 0) is 20.6 Å². The molecule has 0 unspecified atom stereocenters. The van der Waals surface area contributed by atoms with Crippen molar-refractivity contribution >= 4 is 27.1 Å². The molecule has 4 aromatic rings. The number of aryl methyl sites for hydroxylation is 1. The van der Waals surface area contributed by atoms with Crippen LogP contribution in [0.4, 0.5) is 4.39 Å². The van der Waals surface area contributed by atoms with Gasteiger partial charge in [0.25, 0.3) is 5.56 Å². The van der Waals surface area contributed by atoms with Crippen LogP contribution >= 0.6 is 15.9 Å². The molecular formula is C20H16BrFN4O3. The van der Waals surface area contributed by atoms with Crippen molar-refractivity contribution in [2.24, 2.45) is 14.1 Å². The Morgan fingerprint density at radius 3 is 2.41 bits per heavy atom. The first-order chi connectivity index (χ1) is 13.9. The molecule has 0 N–H and O–H groups in total. The van der Waals surface area contributed by atoms with E-state index in [0.29, 0.717) is 11.3 Å². The van der Waals surface area contributed by atoms with Gasteiger partial charge in [0.15, 0.2) is 11.2 Å². The van der Waals surface area contributed by atoms with Gasteiger partial charge in [-0.3, -0.25) is 18.5 Å². The molecule has 2 aromatic heterocycles. The monoisotopic (exact) mass is 458 g/mol. The minimum Gasteiger partial charge on any atom is -0.425 e. The summed E-state index contributed by atoms with van der Waals surface area (Å²) in [5.74, 6) is 0.0747. The normalized spacial score (nSPS) is 11.2. The van der Waals surface area contributed by atoms with E-state index >= 15 is 0 Å². The van der Waals surface area contributed by atoms with Crippen LogP contribution in [0.3, 0.4) is 0 Å².